The Morgan fingerprint density at radius 2 is 1.97 bits per heavy atom. The van der Waals surface area contributed by atoms with Gasteiger partial charge in [0.1, 0.15) is 0 Å². The van der Waals surface area contributed by atoms with E-state index in [-0.39, 0.29) is 11.9 Å². The lowest BCUT2D eigenvalue weighted by Crippen LogP contribution is -2.38. The molecule has 168 valence electrons. The Morgan fingerprint density at radius 3 is 2.82 bits per heavy atom. The number of rotatable bonds is 5. The number of carbonyl (C=O) groups is 1. The molecule has 1 saturated carbocycles. The van der Waals surface area contributed by atoms with Gasteiger partial charge in [-0.25, -0.2) is 0 Å². The van der Waals surface area contributed by atoms with E-state index in [1.54, 1.807) is 6.20 Å². The summed E-state index contributed by atoms with van der Waals surface area (Å²) in [5.74, 6) is 0.755. The standard InChI is InChI=1S/C28H30N4O/c29-18-21-6-9-23-19-32(16-13-22(23)17-21)15-12-20-7-10-24(11-8-20)31-28(33)26-3-1-5-27-25(26)4-2-14-30-27/h1-6,9,14,17,20,24H,7-8,10-13,15-16,19H2,(H,31,33)/t20-,24-. The molecule has 33 heavy (non-hydrogen) atoms. The average Bonchev–Trinajstić information content (AvgIpc) is 2.87. The van der Waals surface area contributed by atoms with Crippen LogP contribution < -0.4 is 5.32 Å². The number of carbonyl (C=O) groups excluding carboxylic acids is 1. The molecule has 0 radical (unpaired) electrons. The molecule has 3 aromatic rings. The van der Waals surface area contributed by atoms with Gasteiger partial charge in [0.15, 0.2) is 0 Å². The fourth-order valence-corrected chi connectivity index (χ4v) is 5.40. The molecule has 0 spiro atoms. The predicted molar refractivity (Wildman–Crippen MR) is 130 cm³/mol. The normalized spacial score (nSPS) is 20.7. The molecular formula is C28H30N4O. The maximum atomic E-state index is 12.9. The van der Waals surface area contributed by atoms with Gasteiger partial charge in [-0.1, -0.05) is 18.2 Å². The Kier molecular flexibility index (Phi) is 6.37. The van der Waals surface area contributed by atoms with Crippen LogP contribution in [-0.4, -0.2) is 34.9 Å². The van der Waals surface area contributed by atoms with Crippen molar-refractivity contribution in [2.75, 3.05) is 13.1 Å². The second kappa shape index (κ2) is 9.72. The maximum Gasteiger partial charge on any atom is 0.252 e. The van der Waals surface area contributed by atoms with E-state index in [1.165, 1.54) is 30.4 Å². The van der Waals surface area contributed by atoms with Gasteiger partial charge in [-0.05, 0) is 92.4 Å². The zero-order chi connectivity index (χ0) is 22.6. The van der Waals surface area contributed by atoms with Crippen LogP contribution in [0.3, 0.4) is 0 Å². The van der Waals surface area contributed by atoms with Crippen molar-refractivity contribution < 1.29 is 4.79 Å². The molecule has 0 unspecified atom stereocenters. The fourth-order valence-electron chi connectivity index (χ4n) is 5.40. The molecular weight excluding hydrogens is 408 g/mol. The third-order valence-corrected chi connectivity index (χ3v) is 7.35. The number of amides is 1. The van der Waals surface area contributed by atoms with E-state index in [4.69, 9.17) is 5.26 Å². The molecule has 1 aliphatic carbocycles. The minimum atomic E-state index is 0.0172. The molecule has 5 nitrogen and oxygen atoms in total. The van der Waals surface area contributed by atoms with Crippen LogP contribution in [0, 0.1) is 17.2 Å². The van der Waals surface area contributed by atoms with Crippen LogP contribution in [-0.2, 0) is 13.0 Å². The van der Waals surface area contributed by atoms with Crippen LogP contribution in [0.1, 0.15) is 59.2 Å². The van der Waals surface area contributed by atoms with E-state index in [1.807, 2.05) is 36.4 Å². The van der Waals surface area contributed by atoms with E-state index in [2.05, 4.69) is 33.4 Å². The lowest BCUT2D eigenvalue weighted by molar-refractivity contribution is 0.0921. The van der Waals surface area contributed by atoms with Gasteiger partial charge in [-0.15, -0.1) is 0 Å². The highest BCUT2D eigenvalue weighted by Gasteiger charge is 2.24. The van der Waals surface area contributed by atoms with Crippen LogP contribution >= 0.6 is 0 Å². The molecule has 2 heterocycles. The summed E-state index contributed by atoms with van der Waals surface area (Å²) in [6, 6.07) is 18.2. The quantitative estimate of drug-likeness (QED) is 0.619. The number of aromatic nitrogens is 1. The van der Waals surface area contributed by atoms with Crippen molar-refractivity contribution in [1.29, 1.82) is 5.26 Å². The van der Waals surface area contributed by atoms with Gasteiger partial charge in [-0.2, -0.15) is 5.26 Å². The SMILES string of the molecule is N#Cc1ccc2c(c1)CCN(CC[C@H]1CC[C@H](NC(=O)c3cccc4ncccc34)CC1)C2. The lowest BCUT2D eigenvalue weighted by atomic mass is 9.83. The second-order valence-electron chi connectivity index (χ2n) is 9.48. The minimum absolute atomic E-state index is 0.0172. The molecule has 1 N–H and O–H groups in total. The number of hydrogen-bond acceptors (Lipinski definition) is 4. The summed E-state index contributed by atoms with van der Waals surface area (Å²) in [6.45, 7) is 3.20. The van der Waals surface area contributed by atoms with E-state index in [0.29, 0.717) is 0 Å². The van der Waals surface area contributed by atoms with Gasteiger partial charge in [0.05, 0.1) is 17.1 Å². The van der Waals surface area contributed by atoms with Crippen LogP contribution in [0.15, 0.2) is 54.7 Å². The third kappa shape index (κ3) is 4.91. The van der Waals surface area contributed by atoms with E-state index >= 15 is 0 Å². The first-order chi connectivity index (χ1) is 16.2. The monoisotopic (exact) mass is 438 g/mol. The van der Waals surface area contributed by atoms with Crippen molar-refractivity contribution in [2.45, 2.75) is 51.1 Å². The van der Waals surface area contributed by atoms with Gasteiger partial charge < -0.3 is 5.32 Å². The fraction of sp³-hybridized carbons (Fsp3) is 0.393. The van der Waals surface area contributed by atoms with Crippen LogP contribution in [0.4, 0.5) is 0 Å². The number of nitrogens with one attached hydrogen (secondary N) is 1. The zero-order valence-corrected chi connectivity index (χ0v) is 19.0. The molecule has 0 atom stereocenters. The molecule has 1 fully saturated rings. The average molecular weight is 439 g/mol. The lowest BCUT2D eigenvalue weighted by Gasteiger charge is -2.33. The largest absolute Gasteiger partial charge is 0.349 e. The van der Waals surface area contributed by atoms with Crippen molar-refractivity contribution >= 4 is 16.8 Å². The summed E-state index contributed by atoms with van der Waals surface area (Å²) >= 11 is 0. The molecule has 1 amide bonds. The summed E-state index contributed by atoms with van der Waals surface area (Å²) < 4.78 is 0. The van der Waals surface area contributed by atoms with Gasteiger partial charge in [0.25, 0.3) is 5.91 Å². The van der Waals surface area contributed by atoms with Crippen molar-refractivity contribution in [3.05, 3.63) is 77.0 Å². The molecule has 1 aromatic heterocycles. The number of fused-ring (bicyclic) bond motifs is 2. The Balaban J connectivity index is 1.09. The Labute approximate surface area is 195 Å². The Bertz CT molecular complexity index is 1180. The van der Waals surface area contributed by atoms with Crippen molar-refractivity contribution in [3.8, 4) is 6.07 Å². The van der Waals surface area contributed by atoms with Crippen molar-refractivity contribution in [1.82, 2.24) is 15.2 Å². The highest BCUT2D eigenvalue weighted by atomic mass is 16.1. The first-order valence-electron chi connectivity index (χ1n) is 12.1. The van der Waals surface area contributed by atoms with E-state index in [9.17, 15) is 4.79 Å². The summed E-state index contributed by atoms with van der Waals surface area (Å²) in [6.07, 6.45) is 8.49. The van der Waals surface area contributed by atoms with Gasteiger partial charge >= 0.3 is 0 Å². The number of hydrogen-bond donors (Lipinski definition) is 1. The van der Waals surface area contributed by atoms with Gasteiger partial charge in [0, 0.05) is 36.3 Å². The predicted octanol–water partition coefficient (Wildman–Crippen LogP) is 4.84. The molecule has 5 rings (SSSR count). The van der Waals surface area contributed by atoms with Gasteiger partial charge in [0.2, 0.25) is 0 Å². The molecule has 2 aliphatic rings. The first kappa shape index (κ1) is 21.6. The zero-order valence-electron chi connectivity index (χ0n) is 19.0. The van der Waals surface area contributed by atoms with Crippen molar-refractivity contribution in [2.24, 2.45) is 5.92 Å². The topological polar surface area (TPSA) is 69.0 Å². The molecule has 0 saturated heterocycles. The van der Waals surface area contributed by atoms with Crippen LogP contribution in [0.25, 0.3) is 10.9 Å². The summed E-state index contributed by atoms with van der Waals surface area (Å²) in [4.78, 5) is 19.8. The Hall–Kier alpha value is -3.23. The van der Waals surface area contributed by atoms with Gasteiger partial charge in [-0.3, -0.25) is 14.7 Å². The summed E-state index contributed by atoms with van der Waals surface area (Å²) in [7, 11) is 0. The molecule has 5 heteroatoms. The number of pyridine rings is 1. The minimum Gasteiger partial charge on any atom is -0.349 e. The number of nitriles is 1. The smallest absolute Gasteiger partial charge is 0.252 e. The highest BCUT2D eigenvalue weighted by molar-refractivity contribution is 6.06. The number of nitrogens with zero attached hydrogens (tertiary/aromatic N) is 3. The second-order valence-corrected chi connectivity index (χ2v) is 9.48. The molecule has 2 aromatic carbocycles. The third-order valence-electron chi connectivity index (χ3n) is 7.35. The van der Waals surface area contributed by atoms with E-state index < -0.39 is 0 Å². The maximum absolute atomic E-state index is 12.9. The number of benzene rings is 2. The van der Waals surface area contributed by atoms with E-state index in [0.717, 1.165) is 66.8 Å². The van der Waals surface area contributed by atoms with Crippen LogP contribution in [0.5, 0.6) is 0 Å². The van der Waals surface area contributed by atoms with Crippen LogP contribution in [0.2, 0.25) is 0 Å². The summed E-state index contributed by atoms with van der Waals surface area (Å²) in [5, 5.41) is 13.3. The van der Waals surface area contributed by atoms with Crippen molar-refractivity contribution in [3.63, 3.8) is 0 Å². The Morgan fingerprint density at radius 1 is 1.09 bits per heavy atom. The highest BCUT2D eigenvalue weighted by Crippen LogP contribution is 2.29. The first-order valence-corrected chi connectivity index (χ1v) is 12.1. The molecule has 1 aliphatic heterocycles. The molecule has 0 bridgehead atoms. The summed E-state index contributed by atoms with van der Waals surface area (Å²) in [5.41, 5.74) is 5.05.